The van der Waals surface area contributed by atoms with E-state index in [-0.39, 0.29) is 47.3 Å². The third-order valence-electron chi connectivity index (χ3n) is 6.73. The molecule has 7 nitrogen and oxygen atoms in total. The monoisotopic (exact) mass is 403 g/mol. The summed E-state index contributed by atoms with van der Waals surface area (Å²) < 4.78 is 29.5. The molecule has 0 radical (unpaired) electrons. The summed E-state index contributed by atoms with van der Waals surface area (Å²) in [6.07, 6.45) is 1.66. The highest BCUT2D eigenvalue weighted by Gasteiger charge is 2.50. The molecule has 1 saturated carbocycles. The maximum Gasteiger partial charge on any atom is 0.262 e. The number of carbonyl (C=O) groups excluding carboxylic acids is 4. The first kappa shape index (κ1) is 18.4. The first-order chi connectivity index (χ1) is 13.9. The molecule has 5 rings (SSSR count). The fourth-order valence-corrected chi connectivity index (χ4v) is 5.47. The minimum absolute atomic E-state index is 0.00493. The van der Waals surface area contributed by atoms with E-state index in [1.54, 1.807) is 0 Å². The highest BCUT2D eigenvalue weighted by atomic mass is 19.2. The van der Waals surface area contributed by atoms with Gasteiger partial charge in [0.25, 0.3) is 11.8 Å². The van der Waals surface area contributed by atoms with E-state index >= 15 is 4.39 Å². The van der Waals surface area contributed by atoms with Gasteiger partial charge in [-0.2, -0.15) is 0 Å². The molecule has 4 aliphatic rings. The van der Waals surface area contributed by atoms with Crippen molar-refractivity contribution < 1.29 is 28.0 Å². The lowest BCUT2D eigenvalue weighted by molar-refractivity contribution is -0.136. The second-order valence-electron chi connectivity index (χ2n) is 8.24. The number of nitrogens with zero attached hydrogens (tertiary/aromatic N) is 1. The average molecular weight is 403 g/mol. The molecule has 1 aromatic rings. The summed E-state index contributed by atoms with van der Waals surface area (Å²) in [6, 6.07) is -0.410. The van der Waals surface area contributed by atoms with Gasteiger partial charge in [0.2, 0.25) is 11.8 Å². The molecule has 1 aliphatic carbocycles. The van der Waals surface area contributed by atoms with Crippen LogP contribution in [0.4, 0.5) is 8.78 Å². The smallest absolute Gasteiger partial charge is 0.262 e. The number of rotatable bonds is 2. The molecule has 2 bridgehead atoms. The van der Waals surface area contributed by atoms with Crippen LogP contribution in [0.5, 0.6) is 0 Å². The predicted molar refractivity (Wildman–Crippen MR) is 94.9 cm³/mol. The number of imide groups is 2. The van der Waals surface area contributed by atoms with Crippen LogP contribution in [0.1, 0.15) is 57.9 Å². The van der Waals surface area contributed by atoms with Crippen LogP contribution in [0.15, 0.2) is 6.07 Å². The number of piperidine rings is 2. The van der Waals surface area contributed by atoms with Gasteiger partial charge >= 0.3 is 0 Å². The van der Waals surface area contributed by atoms with Crippen LogP contribution in [0, 0.1) is 23.5 Å². The lowest BCUT2D eigenvalue weighted by Gasteiger charge is -2.32. The molecular formula is C20H19F2N3O4. The molecule has 0 spiro atoms. The number of fused-ring (bicyclic) bond motifs is 3. The molecule has 3 fully saturated rings. The molecule has 2 N–H and O–H groups in total. The van der Waals surface area contributed by atoms with E-state index in [9.17, 15) is 23.6 Å². The third-order valence-corrected chi connectivity index (χ3v) is 6.73. The third kappa shape index (κ3) is 2.56. The number of hydrogen-bond donors (Lipinski definition) is 2. The van der Waals surface area contributed by atoms with Gasteiger partial charge in [-0.1, -0.05) is 0 Å². The molecule has 2 saturated heterocycles. The molecule has 3 heterocycles. The van der Waals surface area contributed by atoms with E-state index in [4.69, 9.17) is 0 Å². The molecule has 1 aromatic carbocycles. The van der Waals surface area contributed by atoms with E-state index in [2.05, 4.69) is 10.6 Å². The van der Waals surface area contributed by atoms with Crippen molar-refractivity contribution in [2.45, 2.75) is 37.6 Å². The molecule has 3 aliphatic heterocycles. The van der Waals surface area contributed by atoms with Gasteiger partial charge in [0.1, 0.15) is 6.04 Å². The number of carbonyl (C=O) groups is 4. The van der Waals surface area contributed by atoms with Crippen LogP contribution in [-0.2, 0) is 9.59 Å². The van der Waals surface area contributed by atoms with Crippen molar-refractivity contribution in [3.8, 4) is 0 Å². The van der Waals surface area contributed by atoms with Gasteiger partial charge in [-0.25, -0.2) is 8.78 Å². The second kappa shape index (κ2) is 6.41. The topological polar surface area (TPSA) is 95.6 Å². The van der Waals surface area contributed by atoms with Crippen molar-refractivity contribution in [1.82, 2.24) is 15.5 Å². The van der Waals surface area contributed by atoms with Gasteiger partial charge in [0, 0.05) is 12.0 Å². The number of benzene rings is 1. The molecular weight excluding hydrogens is 384 g/mol. The lowest BCUT2D eigenvalue weighted by atomic mass is 9.77. The Morgan fingerprint density at radius 2 is 1.66 bits per heavy atom. The minimum atomic E-state index is -1.16. The quantitative estimate of drug-likeness (QED) is 0.721. The molecule has 29 heavy (non-hydrogen) atoms. The van der Waals surface area contributed by atoms with Gasteiger partial charge in [-0.15, -0.1) is 0 Å². The van der Waals surface area contributed by atoms with Gasteiger partial charge in [-0.05, 0) is 56.2 Å². The second-order valence-corrected chi connectivity index (χ2v) is 8.24. The first-order valence-corrected chi connectivity index (χ1v) is 9.82. The van der Waals surface area contributed by atoms with Crippen LogP contribution >= 0.6 is 0 Å². The summed E-state index contributed by atoms with van der Waals surface area (Å²) >= 11 is 0. The van der Waals surface area contributed by atoms with Crippen molar-refractivity contribution >= 4 is 23.6 Å². The molecule has 2 unspecified atom stereocenters. The van der Waals surface area contributed by atoms with Crippen LogP contribution in [0.3, 0.4) is 0 Å². The van der Waals surface area contributed by atoms with Crippen LogP contribution < -0.4 is 10.6 Å². The van der Waals surface area contributed by atoms with Crippen LogP contribution in [0.25, 0.3) is 0 Å². The van der Waals surface area contributed by atoms with Crippen molar-refractivity contribution in [2.24, 2.45) is 11.8 Å². The van der Waals surface area contributed by atoms with E-state index in [1.165, 1.54) is 0 Å². The molecule has 0 aromatic heterocycles. The Balaban J connectivity index is 1.62. The standard InChI is InChI=1S/C20H19F2N3O4/c21-11-5-10-15(16(17(11)22)14-8-1-2-9(14)7-23-6-8)20(29)25(19(10)28)12-3-4-13(26)24-18(12)27/h5,8-9,12,14,23H,1-4,6-7H2,(H,24,26,27)/t8-,9+,12?,14?. The Morgan fingerprint density at radius 1 is 0.966 bits per heavy atom. The van der Waals surface area contributed by atoms with Crippen molar-refractivity contribution in [2.75, 3.05) is 13.1 Å². The highest BCUT2D eigenvalue weighted by Crippen LogP contribution is 2.49. The van der Waals surface area contributed by atoms with Gasteiger partial charge in [-0.3, -0.25) is 29.4 Å². The van der Waals surface area contributed by atoms with E-state index in [0.717, 1.165) is 23.8 Å². The molecule has 4 amide bonds. The summed E-state index contributed by atoms with van der Waals surface area (Å²) in [5.74, 6) is -5.32. The first-order valence-electron chi connectivity index (χ1n) is 9.82. The zero-order valence-electron chi connectivity index (χ0n) is 15.5. The SMILES string of the molecule is O=C1CCC(N2C(=O)c3cc(F)c(F)c(C4[C@@H]5CC[C@H]4CNC5)c3C2=O)C(=O)N1. The van der Waals surface area contributed by atoms with Gasteiger partial charge in [0.05, 0.1) is 11.1 Å². The average Bonchev–Trinajstić information content (AvgIpc) is 3.05. The van der Waals surface area contributed by atoms with Gasteiger partial charge < -0.3 is 5.32 Å². The summed E-state index contributed by atoms with van der Waals surface area (Å²) in [5.41, 5.74) is -0.351. The Bertz CT molecular complexity index is 963. The normalized spacial score (nSPS) is 31.3. The zero-order chi connectivity index (χ0) is 20.4. The van der Waals surface area contributed by atoms with E-state index in [0.29, 0.717) is 13.1 Å². The fourth-order valence-electron chi connectivity index (χ4n) is 5.47. The van der Waals surface area contributed by atoms with E-state index in [1.807, 2.05) is 0 Å². The van der Waals surface area contributed by atoms with Crippen molar-refractivity contribution in [3.63, 3.8) is 0 Å². The van der Waals surface area contributed by atoms with Crippen LogP contribution in [-0.4, -0.2) is 47.7 Å². The zero-order valence-corrected chi connectivity index (χ0v) is 15.5. The molecule has 152 valence electrons. The van der Waals surface area contributed by atoms with Crippen LogP contribution in [0.2, 0.25) is 0 Å². The molecule has 4 atom stereocenters. The molecule has 9 heteroatoms. The summed E-state index contributed by atoms with van der Waals surface area (Å²) in [7, 11) is 0. The van der Waals surface area contributed by atoms with Crippen molar-refractivity contribution in [3.05, 3.63) is 34.4 Å². The van der Waals surface area contributed by atoms with E-state index < -0.39 is 41.3 Å². The summed E-state index contributed by atoms with van der Waals surface area (Å²) in [5, 5.41) is 5.39. The summed E-state index contributed by atoms with van der Waals surface area (Å²) in [6.45, 7) is 1.29. The largest absolute Gasteiger partial charge is 0.316 e. The number of nitrogens with one attached hydrogen (secondary N) is 2. The Kier molecular flexibility index (Phi) is 4.06. The number of hydrogen-bond acceptors (Lipinski definition) is 5. The Morgan fingerprint density at radius 3 is 2.31 bits per heavy atom. The number of amides is 4. The predicted octanol–water partition coefficient (Wildman–Crippen LogP) is 1.08. The number of halogens is 2. The Hall–Kier alpha value is -2.68. The maximum absolute atomic E-state index is 15.0. The summed E-state index contributed by atoms with van der Waals surface area (Å²) in [4.78, 5) is 50.6. The Labute approximate surface area is 164 Å². The maximum atomic E-state index is 15.0. The minimum Gasteiger partial charge on any atom is -0.316 e. The highest BCUT2D eigenvalue weighted by molar-refractivity contribution is 6.24. The fraction of sp³-hybridized carbons (Fsp3) is 0.500. The van der Waals surface area contributed by atoms with Crippen molar-refractivity contribution in [1.29, 1.82) is 0 Å². The lowest BCUT2D eigenvalue weighted by Crippen LogP contribution is -2.54. The van der Waals surface area contributed by atoms with Gasteiger partial charge in [0.15, 0.2) is 11.6 Å².